The molecule has 1 unspecified atom stereocenters. The number of hydrogen-bond donors (Lipinski definition) is 1. The summed E-state index contributed by atoms with van der Waals surface area (Å²) in [6.45, 7) is 1.98. The van der Waals surface area contributed by atoms with Crippen LogP contribution in [0, 0.1) is 6.92 Å². The van der Waals surface area contributed by atoms with E-state index in [1.165, 1.54) is 0 Å². The SMILES string of the molecule is Cc1ccc(S(=O)O)c(C(I)I)c1. The van der Waals surface area contributed by atoms with Gasteiger partial charge in [0.15, 0.2) is 11.1 Å². The summed E-state index contributed by atoms with van der Waals surface area (Å²) in [6.07, 6.45) is 0. The van der Waals surface area contributed by atoms with Gasteiger partial charge in [0.1, 0.15) is 0 Å². The molecule has 0 bridgehead atoms. The van der Waals surface area contributed by atoms with Gasteiger partial charge in [-0.3, -0.25) is 0 Å². The zero-order valence-corrected chi connectivity index (χ0v) is 12.0. The maximum Gasteiger partial charge on any atom is 0.186 e. The Balaban J connectivity index is 3.26. The first-order chi connectivity index (χ1) is 6.02. The van der Waals surface area contributed by atoms with Crippen LogP contribution in [-0.2, 0) is 11.1 Å². The maximum atomic E-state index is 10.9. The molecule has 0 aromatic heterocycles. The zero-order chi connectivity index (χ0) is 10.0. The average Bonchev–Trinajstić information content (AvgIpc) is 2.03. The molecule has 0 heterocycles. The summed E-state index contributed by atoms with van der Waals surface area (Å²) >= 11 is 2.57. The summed E-state index contributed by atoms with van der Waals surface area (Å²) in [5.41, 5.74) is 2.05. The van der Waals surface area contributed by atoms with E-state index in [1.54, 1.807) is 6.07 Å². The van der Waals surface area contributed by atoms with Gasteiger partial charge in [0, 0.05) is 0 Å². The van der Waals surface area contributed by atoms with E-state index in [-0.39, 0.29) is 1.93 Å². The van der Waals surface area contributed by atoms with Crippen LogP contribution in [0.5, 0.6) is 0 Å². The van der Waals surface area contributed by atoms with Crippen molar-refractivity contribution in [2.75, 3.05) is 0 Å². The highest BCUT2D eigenvalue weighted by molar-refractivity contribution is 14.2. The Kier molecular flexibility index (Phi) is 4.59. The highest BCUT2D eigenvalue weighted by Crippen LogP contribution is 2.34. The predicted molar refractivity (Wildman–Crippen MR) is 71.0 cm³/mol. The smallest absolute Gasteiger partial charge is 0.186 e. The molecule has 0 saturated carbocycles. The minimum Gasteiger partial charge on any atom is -0.302 e. The van der Waals surface area contributed by atoms with Crippen LogP contribution in [0.3, 0.4) is 0 Å². The lowest BCUT2D eigenvalue weighted by molar-refractivity contribution is 0.563. The van der Waals surface area contributed by atoms with E-state index in [9.17, 15) is 4.21 Å². The van der Waals surface area contributed by atoms with Gasteiger partial charge in [-0.2, -0.15) is 0 Å². The minimum absolute atomic E-state index is 0.223. The molecular formula is C8H8I2O2S. The molecule has 5 heteroatoms. The molecule has 1 atom stereocenters. The third kappa shape index (κ3) is 3.14. The van der Waals surface area contributed by atoms with Crippen LogP contribution in [0.15, 0.2) is 23.1 Å². The van der Waals surface area contributed by atoms with E-state index in [1.807, 2.05) is 19.1 Å². The number of alkyl halides is 2. The van der Waals surface area contributed by atoms with E-state index in [0.717, 1.165) is 11.1 Å². The standard InChI is InChI=1S/C8H8I2O2S/c1-5-2-3-7(13(11)12)6(4-5)8(9)10/h2-4,8H,1H3,(H,11,12). The first-order valence-corrected chi connectivity index (χ1v) is 7.11. The largest absolute Gasteiger partial charge is 0.302 e. The van der Waals surface area contributed by atoms with Crippen molar-refractivity contribution < 1.29 is 8.76 Å². The van der Waals surface area contributed by atoms with Crippen molar-refractivity contribution in [2.45, 2.75) is 13.8 Å². The predicted octanol–water partition coefficient (Wildman–Crippen LogP) is 3.44. The number of benzene rings is 1. The first kappa shape index (κ1) is 11.9. The fourth-order valence-corrected chi connectivity index (χ4v) is 3.01. The van der Waals surface area contributed by atoms with Crippen molar-refractivity contribution in [1.29, 1.82) is 0 Å². The summed E-state index contributed by atoms with van der Waals surface area (Å²) < 4.78 is 20.2. The molecule has 0 fully saturated rings. The third-order valence-electron chi connectivity index (χ3n) is 1.59. The van der Waals surface area contributed by atoms with E-state index < -0.39 is 11.1 Å². The second kappa shape index (κ2) is 5.04. The summed E-state index contributed by atoms with van der Waals surface area (Å²) in [5.74, 6) is 0. The molecule has 13 heavy (non-hydrogen) atoms. The number of rotatable bonds is 2. The van der Waals surface area contributed by atoms with Crippen molar-refractivity contribution in [3.8, 4) is 0 Å². The summed E-state index contributed by atoms with van der Waals surface area (Å²) in [6, 6.07) is 5.51. The van der Waals surface area contributed by atoms with Crippen LogP contribution in [0.4, 0.5) is 0 Å². The molecule has 0 spiro atoms. The Morgan fingerprint density at radius 1 is 1.46 bits per heavy atom. The lowest BCUT2D eigenvalue weighted by atomic mass is 10.2. The molecular weight excluding hydrogens is 414 g/mol. The van der Waals surface area contributed by atoms with Crippen molar-refractivity contribution in [3.05, 3.63) is 29.3 Å². The van der Waals surface area contributed by atoms with Gasteiger partial charge in [-0.05, 0) is 18.6 Å². The van der Waals surface area contributed by atoms with Gasteiger partial charge < -0.3 is 4.55 Å². The quantitative estimate of drug-likeness (QED) is 0.451. The third-order valence-corrected chi connectivity index (χ3v) is 3.68. The van der Waals surface area contributed by atoms with Gasteiger partial charge in [0.2, 0.25) is 0 Å². The van der Waals surface area contributed by atoms with Crippen molar-refractivity contribution >= 4 is 56.3 Å². The number of halogens is 2. The molecule has 1 rings (SSSR count). The fraction of sp³-hybridized carbons (Fsp3) is 0.250. The Morgan fingerprint density at radius 2 is 2.08 bits per heavy atom. The molecule has 1 N–H and O–H groups in total. The molecule has 1 aromatic rings. The van der Waals surface area contributed by atoms with E-state index in [2.05, 4.69) is 45.2 Å². The lowest BCUT2D eigenvalue weighted by Gasteiger charge is -2.08. The molecule has 0 aliphatic rings. The topological polar surface area (TPSA) is 37.3 Å². The molecule has 0 aliphatic heterocycles. The van der Waals surface area contributed by atoms with Gasteiger partial charge in [0.05, 0.1) is 6.83 Å². The van der Waals surface area contributed by atoms with Crippen molar-refractivity contribution in [3.63, 3.8) is 0 Å². The highest BCUT2D eigenvalue weighted by atomic mass is 127. The van der Waals surface area contributed by atoms with Crippen LogP contribution in [0.2, 0.25) is 0 Å². The van der Waals surface area contributed by atoms with Crippen LogP contribution < -0.4 is 0 Å². The Hall–Kier alpha value is 0.790. The molecule has 72 valence electrons. The molecule has 0 saturated heterocycles. The van der Waals surface area contributed by atoms with Crippen LogP contribution in [-0.4, -0.2) is 8.76 Å². The van der Waals surface area contributed by atoms with E-state index in [4.69, 9.17) is 4.55 Å². The zero-order valence-electron chi connectivity index (χ0n) is 6.83. The molecule has 0 radical (unpaired) electrons. The van der Waals surface area contributed by atoms with E-state index in [0.29, 0.717) is 4.90 Å². The van der Waals surface area contributed by atoms with E-state index >= 15 is 0 Å². The minimum atomic E-state index is -1.88. The van der Waals surface area contributed by atoms with Gasteiger partial charge in [-0.25, -0.2) is 4.21 Å². The van der Waals surface area contributed by atoms with Gasteiger partial charge in [0.25, 0.3) is 0 Å². The fourth-order valence-electron chi connectivity index (χ4n) is 0.997. The Bertz CT molecular complexity index is 339. The highest BCUT2D eigenvalue weighted by Gasteiger charge is 2.12. The maximum absolute atomic E-state index is 10.9. The van der Waals surface area contributed by atoms with Crippen molar-refractivity contribution in [2.24, 2.45) is 0 Å². The molecule has 0 aliphatic carbocycles. The molecule has 2 nitrogen and oxygen atoms in total. The lowest BCUT2D eigenvalue weighted by Crippen LogP contribution is -1.96. The average molecular weight is 422 g/mol. The second-order valence-corrected chi connectivity index (χ2v) is 8.40. The van der Waals surface area contributed by atoms with Gasteiger partial charge >= 0.3 is 0 Å². The van der Waals surface area contributed by atoms with Gasteiger partial charge in [-0.15, -0.1) is 0 Å². The molecule has 0 amide bonds. The summed E-state index contributed by atoms with van der Waals surface area (Å²) in [4.78, 5) is 0.513. The van der Waals surface area contributed by atoms with Crippen molar-refractivity contribution in [1.82, 2.24) is 0 Å². The molecule has 1 aromatic carbocycles. The summed E-state index contributed by atoms with van der Waals surface area (Å²) in [7, 11) is 0. The van der Waals surface area contributed by atoms with Crippen LogP contribution >= 0.6 is 45.2 Å². The Labute approximate surface area is 107 Å². The van der Waals surface area contributed by atoms with Crippen LogP contribution in [0.25, 0.3) is 0 Å². The second-order valence-electron chi connectivity index (χ2n) is 2.59. The number of aryl methyl sites for hydroxylation is 1. The van der Waals surface area contributed by atoms with Crippen LogP contribution in [0.1, 0.15) is 13.1 Å². The number of hydrogen-bond acceptors (Lipinski definition) is 1. The normalized spacial score (nSPS) is 13.3. The van der Waals surface area contributed by atoms with Gasteiger partial charge in [-0.1, -0.05) is 62.9 Å². The Morgan fingerprint density at radius 3 is 2.54 bits per heavy atom. The summed E-state index contributed by atoms with van der Waals surface area (Å²) in [5, 5.41) is 0. The monoisotopic (exact) mass is 422 g/mol. The first-order valence-electron chi connectivity index (χ1n) is 3.52.